The van der Waals surface area contributed by atoms with Crippen molar-refractivity contribution in [3.8, 4) is 10.6 Å². The van der Waals surface area contributed by atoms with Crippen LogP contribution in [-0.2, 0) is 21.4 Å². The third-order valence-corrected chi connectivity index (χ3v) is 5.43. The summed E-state index contributed by atoms with van der Waals surface area (Å²) in [6.07, 6.45) is 3.29. The molecule has 1 N–H and O–H groups in total. The predicted octanol–water partition coefficient (Wildman–Crippen LogP) is 2.56. The molecule has 0 radical (unpaired) electrons. The molecule has 9 heteroatoms. The van der Waals surface area contributed by atoms with Crippen molar-refractivity contribution < 1.29 is 13.2 Å². The van der Waals surface area contributed by atoms with Gasteiger partial charge in [0.25, 0.3) is 0 Å². The number of sulfonamides is 1. The largest absolute Gasteiger partial charge is 0.376 e. The molecular weight excluding hydrogens is 360 g/mol. The van der Waals surface area contributed by atoms with Crippen molar-refractivity contribution in [1.29, 1.82) is 0 Å². The molecule has 0 fully saturated rings. The second-order valence-corrected chi connectivity index (χ2v) is 7.93. The van der Waals surface area contributed by atoms with Crippen LogP contribution in [0.4, 0.5) is 5.13 Å². The number of nitrogens with zero attached hydrogens (tertiary/aromatic N) is 3. The summed E-state index contributed by atoms with van der Waals surface area (Å²) in [5.74, 6) is -0.149. The van der Waals surface area contributed by atoms with Crippen molar-refractivity contribution in [2.75, 3.05) is 17.1 Å². The molecule has 0 amide bonds. The van der Waals surface area contributed by atoms with Crippen LogP contribution in [0.15, 0.2) is 54.9 Å². The van der Waals surface area contributed by atoms with Gasteiger partial charge in [0.2, 0.25) is 15.2 Å². The van der Waals surface area contributed by atoms with Crippen molar-refractivity contribution >= 4 is 26.5 Å². The van der Waals surface area contributed by atoms with Crippen molar-refractivity contribution in [1.82, 2.24) is 15.2 Å². The Labute approximate surface area is 149 Å². The molecule has 2 heterocycles. The Morgan fingerprint density at radius 3 is 2.56 bits per heavy atom. The van der Waals surface area contributed by atoms with E-state index in [1.807, 2.05) is 30.3 Å². The number of pyridine rings is 1. The number of ether oxygens (including phenoxy) is 1. The molecule has 0 aliphatic heterocycles. The van der Waals surface area contributed by atoms with Gasteiger partial charge in [-0.05, 0) is 17.7 Å². The van der Waals surface area contributed by atoms with E-state index in [-0.39, 0.29) is 17.5 Å². The Balaban J connectivity index is 1.51. The average Bonchev–Trinajstić information content (AvgIpc) is 3.08. The lowest BCUT2D eigenvalue weighted by Gasteiger charge is -2.06. The van der Waals surface area contributed by atoms with Crippen molar-refractivity contribution in [3.05, 3.63) is 60.4 Å². The van der Waals surface area contributed by atoms with Crippen LogP contribution in [-0.4, -0.2) is 36.0 Å². The minimum atomic E-state index is -3.54. The van der Waals surface area contributed by atoms with Crippen LogP contribution in [0.3, 0.4) is 0 Å². The zero-order valence-electron chi connectivity index (χ0n) is 13.2. The smallest absolute Gasteiger partial charge is 0.236 e. The van der Waals surface area contributed by atoms with Crippen LogP contribution in [0.25, 0.3) is 10.6 Å². The van der Waals surface area contributed by atoms with Crippen LogP contribution < -0.4 is 4.72 Å². The fourth-order valence-electron chi connectivity index (χ4n) is 1.99. The Bertz CT molecular complexity index is 899. The van der Waals surface area contributed by atoms with E-state index in [9.17, 15) is 8.42 Å². The lowest BCUT2D eigenvalue weighted by atomic mass is 10.2. The van der Waals surface area contributed by atoms with E-state index in [1.165, 1.54) is 11.3 Å². The summed E-state index contributed by atoms with van der Waals surface area (Å²) in [4.78, 5) is 3.93. The van der Waals surface area contributed by atoms with Gasteiger partial charge in [-0.25, -0.2) is 8.42 Å². The number of rotatable bonds is 8. The topological polar surface area (TPSA) is 94.1 Å². The lowest BCUT2D eigenvalue weighted by Crippen LogP contribution is -2.20. The van der Waals surface area contributed by atoms with Gasteiger partial charge in [0.05, 0.1) is 19.0 Å². The van der Waals surface area contributed by atoms with Crippen molar-refractivity contribution in [2.45, 2.75) is 6.61 Å². The van der Waals surface area contributed by atoms with Crippen LogP contribution in [0.5, 0.6) is 0 Å². The highest BCUT2D eigenvalue weighted by Crippen LogP contribution is 2.26. The SMILES string of the molecule is O=S(=O)(CCOCc1ccccc1)Nc1nnc(-c2ccncc2)s1. The molecule has 0 aliphatic carbocycles. The van der Waals surface area contributed by atoms with E-state index in [0.717, 1.165) is 11.1 Å². The van der Waals surface area contributed by atoms with Crippen LogP contribution in [0.1, 0.15) is 5.56 Å². The van der Waals surface area contributed by atoms with Gasteiger partial charge in [0.1, 0.15) is 5.01 Å². The molecule has 0 saturated carbocycles. The van der Waals surface area contributed by atoms with E-state index in [2.05, 4.69) is 19.9 Å². The summed E-state index contributed by atoms with van der Waals surface area (Å²) in [6.45, 7) is 0.474. The molecule has 0 saturated heterocycles. The van der Waals surface area contributed by atoms with Gasteiger partial charge in [-0.2, -0.15) is 0 Å². The Hall–Kier alpha value is -2.36. The number of nitrogens with one attached hydrogen (secondary N) is 1. The van der Waals surface area contributed by atoms with Gasteiger partial charge in [0, 0.05) is 18.0 Å². The zero-order valence-corrected chi connectivity index (χ0v) is 14.8. The van der Waals surface area contributed by atoms with E-state index in [1.54, 1.807) is 24.5 Å². The quantitative estimate of drug-likeness (QED) is 0.607. The van der Waals surface area contributed by atoms with Crippen molar-refractivity contribution in [2.24, 2.45) is 0 Å². The monoisotopic (exact) mass is 376 g/mol. The highest BCUT2D eigenvalue weighted by atomic mass is 32.2. The maximum Gasteiger partial charge on any atom is 0.236 e. The summed E-state index contributed by atoms with van der Waals surface area (Å²) in [6, 6.07) is 13.2. The Kier molecular flexibility index (Phi) is 5.69. The first kappa shape index (κ1) is 17.5. The zero-order chi connectivity index (χ0) is 17.5. The first-order valence-electron chi connectivity index (χ1n) is 7.48. The van der Waals surface area contributed by atoms with E-state index < -0.39 is 10.0 Å². The summed E-state index contributed by atoms with van der Waals surface area (Å²) in [7, 11) is -3.54. The molecule has 2 aromatic heterocycles. The van der Waals surface area contributed by atoms with Crippen molar-refractivity contribution in [3.63, 3.8) is 0 Å². The molecule has 7 nitrogen and oxygen atoms in total. The Morgan fingerprint density at radius 2 is 1.80 bits per heavy atom. The van der Waals surface area contributed by atoms with Gasteiger partial charge in [-0.1, -0.05) is 41.7 Å². The maximum atomic E-state index is 12.1. The standard InChI is InChI=1S/C16H16N4O3S2/c21-25(22,11-10-23-12-13-4-2-1-3-5-13)20-16-19-18-15(24-16)14-6-8-17-9-7-14/h1-9H,10-12H2,(H,19,20). The number of benzene rings is 1. The number of aromatic nitrogens is 3. The van der Waals surface area contributed by atoms with Gasteiger partial charge in [-0.15, -0.1) is 10.2 Å². The molecule has 130 valence electrons. The normalized spacial score (nSPS) is 11.4. The van der Waals surface area contributed by atoms with E-state index >= 15 is 0 Å². The average molecular weight is 376 g/mol. The first-order chi connectivity index (χ1) is 12.1. The fraction of sp³-hybridized carbons (Fsp3) is 0.188. The summed E-state index contributed by atoms with van der Waals surface area (Å²) < 4.78 is 32.0. The predicted molar refractivity (Wildman–Crippen MR) is 96.6 cm³/mol. The molecular formula is C16H16N4O3S2. The number of anilines is 1. The highest BCUT2D eigenvalue weighted by molar-refractivity contribution is 7.92. The highest BCUT2D eigenvalue weighted by Gasteiger charge is 2.14. The third-order valence-electron chi connectivity index (χ3n) is 3.20. The summed E-state index contributed by atoms with van der Waals surface area (Å²) >= 11 is 1.17. The lowest BCUT2D eigenvalue weighted by molar-refractivity contribution is 0.135. The first-order valence-corrected chi connectivity index (χ1v) is 9.95. The van der Waals surface area contributed by atoms with Crippen LogP contribution >= 0.6 is 11.3 Å². The molecule has 1 aromatic carbocycles. The minimum absolute atomic E-state index is 0.0975. The minimum Gasteiger partial charge on any atom is -0.376 e. The molecule has 0 bridgehead atoms. The molecule has 0 unspecified atom stereocenters. The second kappa shape index (κ2) is 8.15. The fourth-order valence-corrected chi connectivity index (χ4v) is 3.89. The number of hydrogen-bond acceptors (Lipinski definition) is 7. The van der Waals surface area contributed by atoms with E-state index in [4.69, 9.17) is 4.74 Å². The van der Waals surface area contributed by atoms with Gasteiger partial charge in [0.15, 0.2) is 0 Å². The van der Waals surface area contributed by atoms with Gasteiger partial charge in [-0.3, -0.25) is 9.71 Å². The Morgan fingerprint density at radius 1 is 1.04 bits per heavy atom. The summed E-state index contributed by atoms with van der Waals surface area (Å²) in [5.41, 5.74) is 1.84. The third kappa shape index (κ3) is 5.31. The van der Waals surface area contributed by atoms with Crippen LogP contribution in [0, 0.1) is 0 Å². The van der Waals surface area contributed by atoms with E-state index in [0.29, 0.717) is 11.6 Å². The summed E-state index contributed by atoms with van der Waals surface area (Å²) in [5, 5.41) is 8.72. The van der Waals surface area contributed by atoms with Gasteiger partial charge >= 0.3 is 0 Å². The molecule has 3 aromatic rings. The maximum absolute atomic E-state index is 12.1. The molecule has 0 aliphatic rings. The molecule has 0 atom stereocenters. The van der Waals surface area contributed by atoms with Crippen LogP contribution in [0.2, 0.25) is 0 Å². The molecule has 3 rings (SSSR count). The van der Waals surface area contributed by atoms with Gasteiger partial charge < -0.3 is 4.74 Å². The number of hydrogen-bond donors (Lipinski definition) is 1. The second-order valence-electron chi connectivity index (χ2n) is 5.11. The molecule has 0 spiro atoms. The molecule has 25 heavy (non-hydrogen) atoms.